The third kappa shape index (κ3) is 4.51. The van der Waals surface area contributed by atoms with Crippen LogP contribution in [0.3, 0.4) is 0 Å². The molecule has 0 bridgehead atoms. The van der Waals surface area contributed by atoms with E-state index in [0.29, 0.717) is 28.7 Å². The number of anilines is 1. The first-order valence-electron chi connectivity index (χ1n) is 9.46. The van der Waals surface area contributed by atoms with Crippen LogP contribution < -0.4 is 24.3 Å². The number of rotatable bonds is 9. The molecule has 1 heterocycles. The lowest BCUT2D eigenvalue weighted by Gasteiger charge is -2.23. The molecule has 0 saturated carbocycles. The topological polar surface area (TPSA) is 71.0 Å². The second kappa shape index (κ2) is 9.73. The highest BCUT2D eigenvalue weighted by molar-refractivity contribution is 5.93. The van der Waals surface area contributed by atoms with Crippen molar-refractivity contribution in [2.75, 3.05) is 33.8 Å². The van der Waals surface area contributed by atoms with E-state index in [0.717, 1.165) is 5.56 Å². The second-order valence-electron chi connectivity index (χ2n) is 6.55. The van der Waals surface area contributed by atoms with E-state index in [4.69, 9.17) is 18.9 Å². The Morgan fingerprint density at radius 3 is 2.27 bits per heavy atom. The molecule has 1 amide bonds. The summed E-state index contributed by atoms with van der Waals surface area (Å²) in [5.74, 6) is 2.22. The molecule has 7 nitrogen and oxygen atoms in total. The summed E-state index contributed by atoms with van der Waals surface area (Å²) >= 11 is 0. The lowest BCUT2D eigenvalue weighted by Crippen LogP contribution is -2.20. The van der Waals surface area contributed by atoms with Crippen molar-refractivity contribution >= 4 is 11.6 Å². The van der Waals surface area contributed by atoms with Crippen molar-refractivity contribution in [1.82, 2.24) is 4.57 Å². The predicted molar refractivity (Wildman–Crippen MR) is 115 cm³/mol. The highest BCUT2D eigenvalue weighted by atomic mass is 16.5. The number of carbonyl (C=O) groups is 1. The van der Waals surface area contributed by atoms with Crippen molar-refractivity contribution in [3.05, 3.63) is 66.5 Å². The van der Waals surface area contributed by atoms with Crippen LogP contribution in [0.4, 0.5) is 5.69 Å². The van der Waals surface area contributed by atoms with Crippen molar-refractivity contribution in [3.63, 3.8) is 0 Å². The van der Waals surface area contributed by atoms with Gasteiger partial charge in [0.15, 0.2) is 11.5 Å². The van der Waals surface area contributed by atoms with Crippen molar-refractivity contribution in [2.45, 2.75) is 12.5 Å². The lowest BCUT2D eigenvalue weighted by atomic mass is 10.0. The fourth-order valence-corrected chi connectivity index (χ4v) is 3.39. The van der Waals surface area contributed by atoms with Gasteiger partial charge in [-0.05, 0) is 30.3 Å². The van der Waals surface area contributed by atoms with Gasteiger partial charge in [-0.1, -0.05) is 12.1 Å². The van der Waals surface area contributed by atoms with Crippen LogP contribution in [0.1, 0.15) is 18.0 Å². The van der Waals surface area contributed by atoms with Crippen LogP contribution in [0.5, 0.6) is 23.0 Å². The zero-order chi connectivity index (χ0) is 21.5. The summed E-state index contributed by atoms with van der Waals surface area (Å²) in [5, 5.41) is 2.94. The molecule has 7 heteroatoms. The Bertz CT molecular complexity index is 985. The largest absolute Gasteiger partial charge is 0.497 e. The van der Waals surface area contributed by atoms with Gasteiger partial charge in [0.05, 0.1) is 46.6 Å². The number of para-hydroxylation sites is 1. The molecule has 3 aromatic rings. The van der Waals surface area contributed by atoms with E-state index in [2.05, 4.69) is 5.32 Å². The number of ether oxygens (including phenoxy) is 4. The zero-order valence-electron chi connectivity index (χ0n) is 17.5. The smallest absolute Gasteiger partial charge is 0.226 e. The Hall–Kier alpha value is -3.61. The Labute approximate surface area is 176 Å². The summed E-state index contributed by atoms with van der Waals surface area (Å²) < 4.78 is 23.6. The van der Waals surface area contributed by atoms with Gasteiger partial charge in [-0.2, -0.15) is 0 Å². The van der Waals surface area contributed by atoms with Crippen LogP contribution in [0, 0.1) is 0 Å². The summed E-state index contributed by atoms with van der Waals surface area (Å²) in [4.78, 5) is 13.0. The number of nitrogens with zero attached hydrogens (tertiary/aromatic N) is 1. The van der Waals surface area contributed by atoms with Crippen molar-refractivity contribution < 1.29 is 23.7 Å². The summed E-state index contributed by atoms with van der Waals surface area (Å²) in [6.45, 7) is 0. The molecular formula is C23H26N2O5. The zero-order valence-corrected chi connectivity index (χ0v) is 17.5. The van der Waals surface area contributed by atoms with Gasteiger partial charge in [-0.3, -0.25) is 4.79 Å². The van der Waals surface area contributed by atoms with Crippen LogP contribution in [0.15, 0.2) is 60.9 Å². The molecule has 0 aliphatic heterocycles. The molecule has 0 saturated heterocycles. The monoisotopic (exact) mass is 410 g/mol. The minimum absolute atomic E-state index is 0.176. The van der Waals surface area contributed by atoms with E-state index in [1.54, 1.807) is 46.6 Å². The van der Waals surface area contributed by atoms with Crippen LogP contribution in [0.2, 0.25) is 0 Å². The van der Waals surface area contributed by atoms with Crippen molar-refractivity contribution in [3.8, 4) is 23.0 Å². The second-order valence-corrected chi connectivity index (χ2v) is 6.55. The SMILES string of the molecule is COc1ccc(OC)c(NC(=O)CC(c2cccc(OC)c2OC)n2cccc2)c1. The number of carbonyl (C=O) groups excluding carboxylic acids is 1. The Kier molecular flexibility index (Phi) is 6.85. The average Bonchev–Trinajstić information content (AvgIpc) is 3.31. The molecule has 2 aromatic carbocycles. The molecule has 1 N–H and O–H groups in total. The number of methoxy groups -OCH3 is 4. The molecule has 158 valence electrons. The van der Waals surface area contributed by atoms with Crippen LogP contribution in [-0.4, -0.2) is 38.9 Å². The van der Waals surface area contributed by atoms with Gasteiger partial charge in [0.2, 0.25) is 5.91 Å². The first-order chi connectivity index (χ1) is 14.6. The number of benzene rings is 2. The van der Waals surface area contributed by atoms with E-state index in [9.17, 15) is 4.79 Å². The maximum absolute atomic E-state index is 13.0. The minimum atomic E-state index is -0.290. The number of hydrogen-bond acceptors (Lipinski definition) is 5. The third-order valence-electron chi connectivity index (χ3n) is 4.84. The third-order valence-corrected chi connectivity index (χ3v) is 4.84. The van der Waals surface area contributed by atoms with E-state index >= 15 is 0 Å². The molecule has 0 fully saturated rings. The van der Waals surface area contributed by atoms with E-state index in [1.807, 2.05) is 47.3 Å². The van der Waals surface area contributed by atoms with E-state index < -0.39 is 0 Å². The van der Waals surface area contributed by atoms with Crippen molar-refractivity contribution in [1.29, 1.82) is 0 Å². The number of aromatic nitrogens is 1. The van der Waals surface area contributed by atoms with Gasteiger partial charge < -0.3 is 28.8 Å². The minimum Gasteiger partial charge on any atom is -0.497 e. The van der Waals surface area contributed by atoms with Crippen LogP contribution in [0.25, 0.3) is 0 Å². The summed E-state index contributed by atoms with van der Waals surface area (Å²) in [5.41, 5.74) is 1.39. The molecule has 1 atom stereocenters. The fraction of sp³-hybridized carbons (Fsp3) is 0.261. The standard InChI is InChI=1S/C23H26N2O5/c1-27-16-10-11-20(28-2)18(14-16)24-22(26)15-19(25-12-5-6-13-25)17-8-7-9-21(29-3)23(17)30-4/h5-14,19H,15H2,1-4H3,(H,24,26). The van der Waals surface area contributed by atoms with Crippen LogP contribution in [-0.2, 0) is 4.79 Å². The number of nitrogens with one attached hydrogen (secondary N) is 1. The van der Waals surface area contributed by atoms with Gasteiger partial charge in [-0.15, -0.1) is 0 Å². The maximum Gasteiger partial charge on any atom is 0.226 e. The molecule has 0 aliphatic rings. The Morgan fingerprint density at radius 1 is 0.900 bits per heavy atom. The summed E-state index contributed by atoms with van der Waals surface area (Å²) in [7, 11) is 6.31. The van der Waals surface area contributed by atoms with E-state index in [1.165, 1.54) is 0 Å². The normalized spacial score (nSPS) is 11.5. The molecule has 1 aromatic heterocycles. The molecule has 1 unspecified atom stereocenters. The summed E-state index contributed by atoms with van der Waals surface area (Å²) in [6, 6.07) is 14.5. The first kappa shape index (κ1) is 21.1. The Morgan fingerprint density at radius 2 is 1.63 bits per heavy atom. The fourth-order valence-electron chi connectivity index (χ4n) is 3.39. The van der Waals surface area contributed by atoms with Gasteiger partial charge in [0.25, 0.3) is 0 Å². The molecule has 0 aliphatic carbocycles. The van der Waals surface area contributed by atoms with Crippen molar-refractivity contribution in [2.24, 2.45) is 0 Å². The highest BCUT2D eigenvalue weighted by Gasteiger charge is 2.23. The quantitative estimate of drug-likeness (QED) is 0.574. The highest BCUT2D eigenvalue weighted by Crippen LogP contribution is 2.38. The van der Waals surface area contributed by atoms with Gasteiger partial charge >= 0.3 is 0 Å². The number of hydrogen-bond donors (Lipinski definition) is 1. The van der Waals surface area contributed by atoms with Gasteiger partial charge in [0.1, 0.15) is 11.5 Å². The number of amides is 1. The molecule has 3 rings (SSSR count). The van der Waals surface area contributed by atoms with E-state index in [-0.39, 0.29) is 18.4 Å². The first-order valence-corrected chi connectivity index (χ1v) is 9.46. The maximum atomic E-state index is 13.0. The average molecular weight is 410 g/mol. The lowest BCUT2D eigenvalue weighted by molar-refractivity contribution is -0.116. The molecule has 0 radical (unpaired) electrons. The molecule has 0 spiro atoms. The predicted octanol–water partition coefficient (Wildman–Crippen LogP) is 4.14. The van der Waals surface area contributed by atoms with Gasteiger partial charge in [0, 0.05) is 24.0 Å². The van der Waals surface area contributed by atoms with Crippen LogP contribution >= 0.6 is 0 Å². The van der Waals surface area contributed by atoms with Gasteiger partial charge in [-0.25, -0.2) is 0 Å². The molecular weight excluding hydrogens is 384 g/mol. The summed E-state index contributed by atoms with van der Waals surface area (Å²) in [6.07, 6.45) is 4.02. The molecule has 30 heavy (non-hydrogen) atoms. The Balaban J connectivity index is 1.92.